The molecular formula is C15H19O6P. The highest BCUT2D eigenvalue weighted by molar-refractivity contribution is 7.58. The van der Waals surface area contributed by atoms with Gasteiger partial charge in [-0.2, -0.15) is 0 Å². The highest BCUT2D eigenvalue weighted by Crippen LogP contribution is 2.63. The Labute approximate surface area is 129 Å². The summed E-state index contributed by atoms with van der Waals surface area (Å²) in [6.07, 6.45) is -0.0609. The van der Waals surface area contributed by atoms with Crippen molar-refractivity contribution in [3.05, 3.63) is 29.8 Å². The zero-order chi connectivity index (χ0) is 16.4. The van der Waals surface area contributed by atoms with Crippen LogP contribution in [0.15, 0.2) is 24.3 Å². The zero-order valence-corrected chi connectivity index (χ0v) is 13.7. The molecule has 1 aromatic carbocycles. The Morgan fingerprint density at radius 3 is 2.41 bits per heavy atom. The maximum Gasteiger partial charge on any atom is 0.355 e. The summed E-state index contributed by atoms with van der Waals surface area (Å²) in [5.41, 5.74) is 0.622. The van der Waals surface area contributed by atoms with Crippen molar-refractivity contribution in [3.63, 3.8) is 0 Å². The Morgan fingerprint density at radius 1 is 1.27 bits per heavy atom. The van der Waals surface area contributed by atoms with Gasteiger partial charge in [-0.3, -0.25) is 9.36 Å². The maximum atomic E-state index is 13.2. The molecule has 120 valence electrons. The molecule has 0 fully saturated rings. The maximum absolute atomic E-state index is 13.2. The molecule has 7 heteroatoms. The summed E-state index contributed by atoms with van der Waals surface area (Å²) in [7, 11) is -4.02. The van der Waals surface area contributed by atoms with Crippen LogP contribution < -0.4 is 4.74 Å². The normalized spacial score (nSPS) is 21.1. The lowest BCUT2D eigenvalue weighted by Crippen LogP contribution is -2.52. The van der Waals surface area contributed by atoms with Crippen LogP contribution in [-0.2, 0) is 29.6 Å². The Balaban J connectivity index is 2.61. The lowest BCUT2D eigenvalue weighted by molar-refractivity contribution is -0.143. The number of ether oxygens (including phenoxy) is 1. The number of carbonyl (C=O) groups is 2. The van der Waals surface area contributed by atoms with Crippen LogP contribution in [0.2, 0.25) is 0 Å². The van der Waals surface area contributed by atoms with E-state index in [2.05, 4.69) is 0 Å². The average Bonchev–Trinajstić information content (AvgIpc) is 2.46. The van der Waals surface area contributed by atoms with Gasteiger partial charge in [0.2, 0.25) is 5.16 Å². The van der Waals surface area contributed by atoms with Gasteiger partial charge in [0.15, 0.2) is 5.78 Å². The van der Waals surface area contributed by atoms with E-state index >= 15 is 0 Å². The van der Waals surface area contributed by atoms with E-state index in [1.165, 1.54) is 6.92 Å². The van der Waals surface area contributed by atoms with Crippen molar-refractivity contribution in [2.75, 3.05) is 13.2 Å². The third-order valence-corrected chi connectivity index (χ3v) is 6.39. The molecule has 0 saturated heterocycles. The highest BCUT2D eigenvalue weighted by atomic mass is 31.2. The Kier molecular flexibility index (Phi) is 4.85. The summed E-state index contributed by atoms with van der Waals surface area (Å²) in [5, 5.41) is -1.95. The minimum atomic E-state index is -4.02. The van der Waals surface area contributed by atoms with Crippen LogP contribution in [0.25, 0.3) is 0 Å². The number of esters is 1. The number of carbonyl (C=O) groups excluding carboxylic acids is 2. The number of Topliss-reactive ketones (excluding diaryl/α,β-unsaturated/α-hetero) is 1. The van der Waals surface area contributed by atoms with E-state index in [-0.39, 0.29) is 19.6 Å². The molecule has 0 aliphatic carbocycles. The molecule has 1 aromatic rings. The average molecular weight is 326 g/mol. The predicted octanol–water partition coefficient (Wildman–Crippen LogP) is 2.74. The molecule has 0 N–H and O–H groups in total. The van der Waals surface area contributed by atoms with Crippen LogP contribution in [0.4, 0.5) is 0 Å². The van der Waals surface area contributed by atoms with Gasteiger partial charge >= 0.3 is 13.6 Å². The number of benzene rings is 1. The molecule has 6 nitrogen and oxygen atoms in total. The van der Waals surface area contributed by atoms with Crippen molar-refractivity contribution in [2.45, 2.75) is 32.3 Å². The number of fused-ring (bicyclic) bond motifs is 1. The molecule has 1 heterocycles. The molecule has 1 atom stereocenters. The molecular weight excluding hydrogens is 307 g/mol. The fraction of sp³-hybridized carbons (Fsp3) is 0.467. The zero-order valence-electron chi connectivity index (χ0n) is 12.8. The SMILES string of the molecule is CCOP(=O)(OCC)C1(C(C)=O)Cc2ccccc2OC1=O. The second kappa shape index (κ2) is 6.32. The molecule has 0 aromatic heterocycles. The number of hydrogen-bond acceptors (Lipinski definition) is 6. The van der Waals surface area contributed by atoms with Gasteiger partial charge in [-0.25, -0.2) is 4.79 Å². The summed E-state index contributed by atoms with van der Waals surface area (Å²) in [6.45, 7) is 4.57. The van der Waals surface area contributed by atoms with Crippen LogP contribution in [-0.4, -0.2) is 30.1 Å². The Morgan fingerprint density at radius 2 is 1.86 bits per heavy atom. The standard InChI is InChI=1S/C15H19O6P/c1-4-19-22(18,20-5-2)15(11(3)16)10-12-8-6-7-9-13(12)21-14(15)17/h6-9H,4-5,10H2,1-3H3. The molecule has 22 heavy (non-hydrogen) atoms. The smallest absolute Gasteiger partial charge is 0.355 e. The summed E-state index contributed by atoms with van der Waals surface area (Å²) in [6, 6.07) is 6.83. The van der Waals surface area contributed by atoms with E-state index in [4.69, 9.17) is 13.8 Å². The Hall–Kier alpha value is -1.49. The topological polar surface area (TPSA) is 78.9 Å². The molecule has 0 spiro atoms. The number of para-hydroxylation sites is 1. The molecule has 0 bridgehead atoms. The fourth-order valence-electron chi connectivity index (χ4n) is 2.55. The van der Waals surface area contributed by atoms with Gasteiger partial charge in [0.25, 0.3) is 0 Å². The van der Waals surface area contributed by atoms with Gasteiger partial charge < -0.3 is 13.8 Å². The van der Waals surface area contributed by atoms with Crippen LogP contribution in [0.5, 0.6) is 5.75 Å². The first-order valence-electron chi connectivity index (χ1n) is 7.11. The van der Waals surface area contributed by atoms with Crippen LogP contribution in [0, 0.1) is 0 Å². The first-order chi connectivity index (χ1) is 10.4. The summed E-state index contributed by atoms with van der Waals surface area (Å²) < 4.78 is 29.0. The van der Waals surface area contributed by atoms with E-state index in [1.54, 1.807) is 38.1 Å². The Bertz CT molecular complexity index is 631. The number of rotatable bonds is 6. The lowest BCUT2D eigenvalue weighted by atomic mass is 9.92. The van der Waals surface area contributed by atoms with E-state index < -0.39 is 24.5 Å². The molecule has 0 radical (unpaired) electrons. The van der Waals surface area contributed by atoms with Crippen LogP contribution >= 0.6 is 7.60 Å². The van der Waals surface area contributed by atoms with Crippen molar-refractivity contribution in [2.24, 2.45) is 0 Å². The van der Waals surface area contributed by atoms with Crippen LogP contribution in [0.3, 0.4) is 0 Å². The van der Waals surface area contributed by atoms with Gasteiger partial charge in [0, 0.05) is 6.42 Å². The van der Waals surface area contributed by atoms with Gasteiger partial charge in [-0.1, -0.05) is 18.2 Å². The predicted molar refractivity (Wildman–Crippen MR) is 80.1 cm³/mol. The second-order valence-electron chi connectivity index (χ2n) is 4.92. The van der Waals surface area contributed by atoms with Gasteiger partial charge in [-0.05, 0) is 32.4 Å². The van der Waals surface area contributed by atoms with Crippen molar-refractivity contribution in [1.82, 2.24) is 0 Å². The second-order valence-corrected chi connectivity index (χ2v) is 7.20. The van der Waals surface area contributed by atoms with E-state index in [0.29, 0.717) is 11.3 Å². The quantitative estimate of drug-likeness (QED) is 0.346. The molecule has 0 saturated carbocycles. The first kappa shape index (κ1) is 16.9. The molecule has 1 unspecified atom stereocenters. The van der Waals surface area contributed by atoms with Gasteiger partial charge in [-0.15, -0.1) is 0 Å². The largest absolute Gasteiger partial charge is 0.425 e. The summed E-state index contributed by atoms with van der Waals surface area (Å²) >= 11 is 0. The third-order valence-electron chi connectivity index (χ3n) is 3.61. The summed E-state index contributed by atoms with van der Waals surface area (Å²) in [5.74, 6) is -1.11. The van der Waals surface area contributed by atoms with Crippen molar-refractivity contribution < 1.29 is 27.9 Å². The summed E-state index contributed by atoms with van der Waals surface area (Å²) in [4.78, 5) is 24.8. The van der Waals surface area contributed by atoms with Crippen molar-refractivity contribution >= 4 is 19.3 Å². The minimum absolute atomic E-state index is 0.0568. The molecule has 1 aliphatic heterocycles. The van der Waals surface area contributed by atoms with Crippen LogP contribution in [0.1, 0.15) is 26.3 Å². The van der Waals surface area contributed by atoms with Gasteiger partial charge in [0.05, 0.1) is 13.2 Å². The molecule has 0 amide bonds. The van der Waals surface area contributed by atoms with E-state index in [1.807, 2.05) is 0 Å². The number of ketones is 1. The van der Waals surface area contributed by atoms with Crippen molar-refractivity contribution in [3.8, 4) is 5.75 Å². The number of hydrogen-bond donors (Lipinski definition) is 0. The fourth-order valence-corrected chi connectivity index (χ4v) is 4.76. The van der Waals surface area contributed by atoms with Gasteiger partial charge in [0.1, 0.15) is 5.75 Å². The first-order valence-corrected chi connectivity index (χ1v) is 8.66. The highest BCUT2D eigenvalue weighted by Gasteiger charge is 2.63. The van der Waals surface area contributed by atoms with E-state index in [0.717, 1.165) is 0 Å². The molecule has 1 aliphatic rings. The monoisotopic (exact) mass is 326 g/mol. The third kappa shape index (κ3) is 2.51. The lowest BCUT2D eigenvalue weighted by Gasteiger charge is -2.37. The molecule has 2 rings (SSSR count). The van der Waals surface area contributed by atoms with E-state index in [9.17, 15) is 14.2 Å². The minimum Gasteiger partial charge on any atom is -0.425 e. The van der Waals surface area contributed by atoms with Crippen molar-refractivity contribution in [1.29, 1.82) is 0 Å².